The molecule has 6 nitrogen and oxygen atoms in total. The monoisotopic (exact) mass is 491 g/mol. The fourth-order valence-corrected chi connectivity index (χ4v) is 4.51. The quantitative estimate of drug-likeness (QED) is 0.417. The van der Waals surface area contributed by atoms with Gasteiger partial charge in [0, 0.05) is 26.9 Å². The number of aromatic nitrogens is 1. The van der Waals surface area contributed by atoms with E-state index in [-0.39, 0.29) is 17.9 Å². The van der Waals surface area contributed by atoms with Crippen molar-refractivity contribution < 1.29 is 22.5 Å². The molecule has 0 aliphatic rings. The minimum Gasteiger partial charge on any atom is -0.457 e. The molecular formula is C22H22BrNO5S. The van der Waals surface area contributed by atoms with Crippen LogP contribution in [0.2, 0.25) is 0 Å². The number of carbonyl (C=O) groups is 1. The Morgan fingerprint density at radius 3 is 2.53 bits per heavy atom. The van der Waals surface area contributed by atoms with Gasteiger partial charge in [0.2, 0.25) is 0 Å². The van der Waals surface area contributed by atoms with E-state index in [1.54, 1.807) is 31.2 Å². The molecule has 1 atom stereocenters. The molecule has 0 spiro atoms. The minimum atomic E-state index is -3.10. The van der Waals surface area contributed by atoms with E-state index in [1.165, 1.54) is 6.26 Å². The van der Waals surface area contributed by atoms with E-state index in [9.17, 15) is 13.2 Å². The lowest BCUT2D eigenvalue weighted by molar-refractivity contribution is -0.147. The molecule has 0 N–H and O–H groups in total. The predicted molar refractivity (Wildman–Crippen MR) is 117 cm³/mol. The maximum absolute atomic E-state index is 12.5. The second-order valence-corrected chi connectivity index (χ2v) is 10.1. The average molecular weight is 492 g/mol. The van der Waals surface area contributed by atoms with E-state index >= 15 is 0 Å². The third kappa shape index (κ3) is 5.58. The number of rotatable bonds is 8. The highest BCUT2D eigenvalue weighted by molar-refractivity contribution is 9.10. The molecule has 0 unspecified atom stereocenters. The van der Waals surface area contributed by atoms with Gasteiger partial charge >= 0.3 is 5.97 Å². The van der Waals surface area contributed by atoms with Crippen LogP contribution < -0.4 is 0 Å². The number of hydrogen-bond donors (Lipinski definition) is 0. The highest BCUT2D eigenvalue weighted by atomic mass is 79.9. The number of halogens is 1. The van der Waals surface area contributed by atoms with E-state index in [0.29, 0.717) is 16.8 Å². The zero-order chi connectivity index (χ0) is 21.7. The summed E-state index contributed by atoms with van der Waals surface area (Å²) < 4.78 is 35.1. The highest BCUT2D eigenvalue weighted by Crippen LogP contribution is 2.27. The van der Waals surface area contributed by atoms with Crippen LogP contribution in [-0.2, 0) is 31.5 Å². The van der Waals surface area contributed by atoms with E-state index in [0.717, 1.165) is 15.6 Å². The summed E-state index contributed by atoms with van der Waals surface area (Å²) in [5.41, 5.74) is 3.46. The van der Waals surface area contributed by atoms with E-state index < -0.39 is 21.9 Å². The van der Waals surface area contributed by atoms with Gasteiger partial charge in [-0.2, -0.15) is 0 Å². The van der Waals surface area contributed by atoms with Gasteiger partial charge in [-0.25, -0.2) is 8.42 Å². The molecule has 0 aliphatic heterocycles. The van der Waals surface area contributed by atoms with Gasteiger partial charge in [-0.05, 0) is 18.6 Å². The summed E-state index contributed by atoms with van der Waals surface area (Å²) in [6.45, 7) is 3.44. The molecule has 0 amide bonds. The van der Waals surface area contributed by atoms with Crippen molar-refractivity contribution in [3.63, 3.8) is 0 Å². The van der Waals surface area contributed by atoms with Crippen LogP contribution in [0.4, 0.5) is 0 Å². The number of carbonyl (C=O) groups excluding carboxylic acids is 1. The van der Waals surface area contributed by atoms with Crippen molar-refractivity contribution in [2.75, 3.05) is 5.75 Å². The van der Waals surface area contributed by atoms with Gasteiger partial charge in [-0.15, -0.1) is 0 Å². The van der Waals surface area contributed by atoms with Gasteiger partial charge < -0.3 is 9.26 Å². The van der Waals surface area contributed by atoms with Crippen molar-refractivity contribution in [1.82, 2.24) is 5.16 Å². The lowest BCUT2D eigenvalue weighted by Gasteiger charge is -2.15. The lowest BCUT2D eigenvalue weighted by Crippen LogP contribution is -2.12. The number of sulfone groups is 1. The Balaban J connectivity index is 1.69. The van der Waals surface area contributed by atoms with Crippen LogP contribution in [0, 0.1) is 0 Å². The summed E-state index contributed by atoms with van der Waals surface area (Å²) in [4.78, 5) is 12.5. The van der Waals surface area contributed by atoms with Gasteiger partial charge in [-0.3, -0.25) is 4.79 Å². The first kappa shape index (κ1) is 22.2. The third-order valence-electron chi connectivity index (χ3n) is 4.68. The Kier molecular flexibility index (Phi) is 7.10. The molecule has 2 aromatic carbocycles. The number of benzene rings is 2. The first-order valence-electron chi connectivity index (χ1n) is 9.46. The van der Waals surface area contributed by atoms with Crippen molar-refractivity contribution in [2.45, 2.75) is 32.1 Å². The molecule has 8 heteroatoms. The molecule has 0 fully saturated rings. The largest absolute Gasteiger partial charge is 0.457 e. The second-order valence-electron chi connectivity index (χ2n) is 6.89. The third-order valence-corrected chi connectivity index (χ3v) is 7.06. The van der Waals surface area contributed by atoms with Crippen molar-refractivity contribution in [1.29, 1.82) is 0 Å². The average Bonchev–Trinajstić information content (AvgIpc) is 3.16. The summed E-state index contributed by atoms with van der Waals surface area (Å²) in [5, 5.41) is 4.00. The van der Waals surface area contributed by atoms with Crippen LogP contribution in [0.5, 0.6) is 0 Å². The number of hydrogen-bond acceptors (Lipinski definition) is 6. The zero-order valence-corrected chi connectivity index (χ0v) is 19.1. The van der Waals surface area contributed by atoms with Crippen LogP contribution in [0.1, 0.15) is 36.6 Å². The van der Waals surface area contributed by atoms with Crippen molar-refractivity contribution in [3.8, 4) is 11.3 Å². The fourth-order valence-electron chi connectivity index (χ4n) is 3.00. The Bertz CT molecular complexity index is 1120. The smallest absolute Gasteiger partial charge is 0.311 e. The summed E-state index contributed by atoms with van der Waals surface area (Å²) in [7, 11) is -3.10. The number of ether oxygens (including phenoxy) is 1. The Labute approximate surface area is 184 Å². The molecule has 0 saturated carbocycles. The van der Waals surface area contributed by atoms with Crippen LogP contribution in [-0.4, -0.2) is 25.3 Å². The van der Waals surface area contributed by atoms with Crippen LogP contribution in [0.25, 0.3) is 11.3 Å². The Morgan fingerprint density at radius 1 is 1.17 bits per heavy atom. The van der Waals surface area contributed by atoms with Crippen molar-refractivity contribution in [2.24, 2.45) is 0 Å². The van der Waals surface area contributed by atoms with E-state index in [4.69, 9.17) is 9.26 Å². The maximum Gasteiger partial charge on any atom is 0.311 e. The molecule has 3 aromatic rings. The topological polar surface area (TPSA) is 86.5 Å². The molecule has 0 radical (unpaired) electrons. The number of nitrogens with zero attached hydrogens (tertiary/aromatic N) is 1. The summed E-state index contributed by atoms with van der Waals surface area (Å²) >= 11 is 3.46. The molecule has 3 rings (SSSR count). The molecule has 30 heavy (non-hydrogen) atoms. The van der Waals surface area contributed by atoms with Crippen LogP contribution >= 0.6 is 15.9 Å². The van der Waals surface area contributed by atoms with Crippen LogP contribution in [0.3, 0.4) is 0 Å². The first-order chi connectivity index (χ1) is 14.3. The fraction of sp³-hybridized carbons (Fsp3) is 0.273. The predicted octanol–water partition coefficient (Wildman–Crippen LogP) is 4.89. The number of esters is 1. The van der Waals surface area contributed by atoms with Crippen molar-refractivity contribution >= 4 is 31.7 Å². The molecular weight excluding hydrogens is 470 g/mol. The Morgan fingerprint density at radius 2 is 1.87 bits per heavy atom. The molecule has 0 aliphatic carbocycles. The second kappa shape index (κ2) is 9.57. The molecule has 1 heterocycles. The summed E-state index contributed by atoms with van der Waals surface area (Å²) in [6.07, 6.45) is 1.03. The normalized spacial score (nSPS) is 12.5. The van der Waals surface area contributed by atoms with Crippen molar-refractivity contribution in [3.05, 3.63) is 76.0 Å². The van der Waals surface area contributed by atoms with E-state index in [2.05, 4.69) is 21.1 Å². The van der Waals surface area contributed by atoms with Gasteiger partial charge in [-0.1, -0.05) is 70.5 Å². The SMILES string of the molecule is CCS(=O)(=O)Cc1ccc(-c2nocc2CC(=O)O[C@H](C)c2ccccc2Br)cc1. The Hall–Kier alpha value is -2.45. The van der Waals surface area contributed by atoms with Crippen LogP contribution in [0.15, 0.2) is 63.8 Å². The van der Waals surface area contributed by atoms with Gasteiger partial charge in [0.05, 0.1) is 12.2 Å². The lowest BCUT2D eigenvalue weighted by atomic mass is 10.0. The summed E-state index contributed by atoms with van der Waals surface area (Å²) in [5.74, 6) is -0.301. The molecule has 1 aromatic heterocycles. The molecule has 0 saturated heterocycles. The first-order valence-corrected chi connectivity index (χ1v) is 12.1. The maximum atomic E-state index is 12.5. The minimum absolute atomic E-state index is 0.00525. The standard InChI is InChI=1S/C22H22BrNO5S/c1-3-30(26,27)14-16-8-10-17(11-9-16)22-18(13-28-24-22)12-21(25)29-15(2)19-6-4-5-7-20(19)23/h4-11,13,15H,3,12,14H2,1-2H3/t15-/m1/s1. The summed E-state index contributed by atoms with van der Waals surface area (Å²) in [6, 6.07) is 14.6. The van der Waals surface area contributed by atoms with Gasteiger partial charge in [0.15, 0.2) is 9.84 Å². The zero-order valence-electron chi connectivity index (χ0n) is 16.7. The molecule has 0 bridgehead atoms. The van der Waals surface area contributed by atoms with Gasteiger partial charge in [0.1, 0.15) is 18.1 Å². The highest BCUT2D eigenvalue weighted by Gasteiger charge is 2.19. The molecule has 158 valence electrons. The van der Waals surface area contributed by atoms with E-state index in [1.807, 2.05) is 31.2 Å². The van der Waals surface area contributed by atoms with Gasteiger partial charge in [0.25, 0.3) is 0 Å².